The second-order valence-electron chi connectivity index (χ2n) is 6.10. The Morgan fingerprint density at radius 1 is 1.19 bits per heavy atom. The van der Waals surface area contributed by atoms with Crippen LogP contribution >= 0.6 is 0 Å². The summed E-state index contributed by atoms with van der Waals surface area (Å²) in [6, 6.07) is 5.62. The Hall–Kier alpha value is -3.68. The van der Waals surface area contributed by atoms with E-state index in [9.17, 15) is 4.79 Å². The first kappa shape index (κ1) is 16.8. The summed E-state index contributed by atoms with van der Waals surface area (Å²) in [4.78, 5) is 16.7. The summed E-state index contributed by atoms with van der Waals surface area (Å²) in [5.74, 6) is 0.349. The van der Waals surface area contributed by atoms with E-state index in [2.05, 4.69) is 20.5 Å². The number of carbonyl (C=O) groups excluding carboxylic acids is 1. The molecule has 8 nitrogen and oxygen atoms in total. The predicted octanol–water partition coefficient (Wildman–Crippen LogP) is 2.07. The van der Waals surface area contributed by atoms with Gasteiger partial charge in [-0.1, -0.05) is 6.07 Å². The molecule has 0 aliphatic carbocycles. The van der Waals surface area contributed by atoms with Gasteiger partial charge in [0.25, 0.3) is 5.91 Å². The number of methoxy groups -OCH3 is 1. The Morgan fingerprint density at radius 3 is 2.78 bits per heavy atom. The lowest BCUT2D eigenvalue weighted by molar-refractivity contribution is 0.0952. The fourth-order valence-electron chi connectivity index (χ4n) is 2.91. The van der Waals surface area contributed by atoms with Crippen molar-refractivity contribution in [1.82, 2.24) is 29.7 Å². The van der Waals surface area contributed by atoms with Crippen LogP contribution in [0.1, 0.15) is 15.9 Å². The molecule has 0 radical (unpaired) electrons. The van der Waals surface area contributed by atoms with Gasteiger partial charge in [-0.05, 0) is 17.7 Å². The predicted molar refractivity (Wildman–Crippen MR) is 99.4 cm³/mol. The van der Waals surface area contributed by atoms with E-state index in [1.807, 2.05) is 37.6 Å². The summed E-state index contributed by atoms with van der Waals surface area (Å²) < 4.78 is 8.91. The van der Waals surface area contributed by atoms with E-state index in [4.69, 9.17) is 4.74 Å². The van der Waals surface area contributed by atoms with Crippen molar-refractivity contribution in [3.05, 3.63) is 66.5 Å². The van der Waals surface area contributed by atoms with E-state index in [-0.39, 0.29) is 5.91 Å². The van der Waals surface area contributed by atoms with Gasteiger partial charge in [-0.25, -0.2) is 4.52 Å². The number of carbonyl (C=O) groups is 1. The number of aryl methyl sites for hydroxylation is 1. The van der Waals surface area contributed by atoms with Gasteiger partial charge < -0.3 is 10.1 Å². The lowest BCUT2D eigenvalue weighted by Gasteiger charge is -2.09. The summed E-state index contributed by atoms with van der Waals surface area (Å²) in [5, 5.41) is 11.4. The fraction of sp³-hybridized carbons (Fsp3) is 0.158. The van der Waals surface area contributed by atoms with Gasteiger partial charge in [0.1, 0.15) is 11.3 Å². The first-order chi connectivity index (χ1) is 13.2. The highest BCUT2D eigenvalue weighted by molar-refractivity contribution is 6.02. The van der Waals surface area contributed by atoms with Gasteiger partial charge in [-0.2, -0.15) is 10.2 Å². The molecular weight excluding hydrogens is 344 g/mol. The molecule has 4 aromatic heterocycles. The van der Waals surface area contributed by atoms with Crippen molar-refractivity contribution in [2.45, 2.75) is 6.54 Å². The van der Waals surface area contributed by atoms with Crippen molar-refractivity contribution in [3.63, 3.8) is 0 Å². The Morgan fingerprint density at radius 2 is 2.07 bits per heavy atom. The van der Waals surface area contributed by atoms with E-state index in [1.165, 1.54) is 0 Å². The third-order valence-corrected chi connectivity index (χ3v) is 4.26. The molecular formula is C19H18N6O2. The highest BCUT2D eigenvalue weighted by Gasteiger charge is 2.18. The zero-order chi connectivity index (χ0) is 18.8. The standard InChI is InChI=1S/C19H18N6O2/c1-24-11-15(9-22-24)14-6-17(27-2)18-16(10-23-25(18)12-14)19(26)21-8-13-4-3-5-20-7-13/h3-7,9-12H,8H2,1-2H3,(H,21,26). The maximum atomic E-state index is 12.7. The number of rotatable bonds is 5. The SMILES string of the molecule is COc1cc(-c2cnn(C)c2)cn2ncc(C(=O)NCc3cccnc3)c12. The molecule has 1 N–H and O–H groups in total. The minimum atomic E-state index is -0.221. The molecule has 4 rings (SSSR count). The Bertz CT molecular complexity index is 1100. The summed E-state index contributed by atoms with van der Waals surface area (Å²) >= 11 is 0. The molecule has 0 unspecified atom stereocenters. The van der Waals surface area contributed by atoms with Crippen molar-refractivity contribution < 1.29 is 9.53 Å². The van der Waals surface area contributed by atoms with E-state index >= 15 is 0 Å². The zero-order valence-corrected chi connectivity index (χ0v) is 15.0. The largest absolute Gasteiger partial charge is 0.494 e. The van der Waals surface area contributed by atoms with Crippen molar-refractivity contribution >= 4 is 11.4 Å². The first-order valence-corrected chi connectivity index (χ1v) is 8.37. The Kier molecular flexibility index (Phi) is 4.29. The van der Waals surface area contributed by atoms with Crippen LogP contribution in [0.25, 0.3) is 16.6 Å². The number of nitrogens with zero attached hydrogens (tertiary/aromatic N) is 5. The lowest BCUT2D eigenvalue weighted by atomic mass is 10.1. The van der Waals surface area contributed by atoms with Gasteiger partial charge in [0.2, 0.25) is 0 Å². The van der Waals surface area contributed by atoms with Crippen LogP contribution in [0.5, 0.6) is 5.75 Å². The van der Waals surface area contributed by atoms with Crippen LogP contribution in [-0.4, -0.2) is 37.4 Å². The molecule has 0 aliphatic rings. The van der Waals surface area contributed by atoms with Crippen LogP contribution in [0.2, 0.25) is 0 Å². The van der Waals surface area contributed by atoms with Gasteiger partial charge >= 0.3 is 0 Å². The number of ether oxygens (including phenoxy) is 1. The second-order valence-corrected chi connectivity index (χ2v) is 6.10. The van der Waals surface area contributed by atoms with Crippen LogP contribution in [0, 0.1) is 0 Å². The molecule has 1 amide bonds. The van der Waals surface area contributed by atoms with Gasteiger partial charge in [0, 0.05) is 49.5 Å². The van der Waals surface area contributed by atoms with Gasteiger partial charge in [0.05, 0.1) is 25.1 Å². The monoisotopic (exact) mass is 362 g/mol. The van der Waals surface area contributed by atoms with Gasteiger partial charge in [0.15, 0.2) is 0 Å². The number of aromatic nitrogens is 5. The van der Waals surface area contributed by atoms with Crippen molar-refractivity contribution in [2.24, 2.45) is 7.05 Å². The molecule has 0 aliphatic heterocycles. The molecule has 4 heterocycles. The van der Waals surface area contributed by atoms with Gasteiger partial charge in [-0.3, -0.25) is 14.5 Å². The van der Waals surface area contributed by atoms with Crippen LogP contribution < -0.4 is 10.1 Å². The van der Waals surface area contributed by atoms with Crippen molar-refractivity contribution in [1.29, 1.82) is 0 Å². The number of amides is 1. The number of nitrogens with one attached hydrogen (secondary N) is 1. The number of fused-ring (bicyclic) bond motifs is 1. The van der Waals surface area contributed by atoms with E-state index < -0.39 is 0 Å². The average Bonchev–Trinajstić information content (AvgIpc) is 3.32. The molecule has 0 saturated heterocycles. The zero-order valence-electron chi connectivity index (χ0n) is 15.0. The van der Waals surface area contributed by atoms with Crippen LogP contribution in [0.15, 0.2) is 55.4 Å². The van der Waals surface area contributed by atoms with Crippen molar-refractivity contribution in [2.75, 3.05) is 7.11 Å². The third-order valence-electron chi connectivity index (χ3n) is 4.26. The molecule has 27 heavy (non-hydrogen) atoms. The normalized spacial score (nSPS) is 10.9. The maximum Gasteiger partial charge on any atom is 0.255 e. The first-order valence-electron chi connectivity index (χ1n) is 8.37. The van der Waals surface area contributed by atoms with E-state index in [0.29, 0.717) is 23.4 Å². The van der Waals surface area contributed by atoms with E-state index in [1.54, 1.807) is 41.1 Å². The van der Waals surface area contributed by atoms with Crippen LogP contribution in [0.3, 0.4) is 0 Å². The smallest absolute Gasteiger partial charge is 0.255 e. The van der Waals surface area contributed by atoms with Crippen LogP contribution in [-0.2, 0) is 13.6 Å². The summed E-state index contributed by atoms with van der Waals surface area (Å²) in [6.45, 7) is 0.389. The number of hydrogen-bond donors (Lipinski definition) is 1. The molecule has 0 fully saturated rings. The van der Waals surface area contributed by atoms with Gasteiger partial charge in [-0.15, -0.1) is 0 Å². The molecule has 0 bridgehead atoms. The molecule has 0 spiro atoms. The highest BCUT2D eigenvalue weighted by Crippen LogP contribution is 2.29. The lowest BCUT2D eigenvalue weighted by Crippen LogP contribution is -2.22. The van der Waals surface area contributed by atoms with E-state index in [0.717, 1.165) is 16.7 Å². The Labute approximate surface area is 155 Å². The topological polar surface area (TPSA) is 86.3 Å². The summed E-state index contributed by atoms with van der Waals surface area (Å²) in [7, 11) is 3.44. The molecule has 4 aromatic rings. The summed E-state index contributed by atoms with van der Waals surface area (Å²) in [6.07, 6.45) is 10.5. The number of pyridine rings is 2. The minimum absolute atomic E-state index is 0.221. The molecule has 0 aromatic carbocycles. The second kappa shape index (κ2) is 6.91. The third kappa shape index (κ3) is 3.24. The average molecular weight is 362 g/mol. The van der Waals surface area contributed by atoms with Crippen molar-refractivity contribution in [3.8, 4) is 16.9 Å². The molecule has 8 heteroatoms. The summed E-state index contributed by atoms with van der Waals surface area (Å²) in [5.41, 5.74) is 3.84. The quantitative estimate of drug-likeness (QED) is 0.587. The minimum Gasteiger partial charge on any atom is -0.494 e. The molecule has 0 atom stereocenters. The highest BCUT2D eigenvalue weighted by atomic mass is 16.5. The number of hydrogen-bond acceptors (Lipinski definition) is 5. The Balaban J connectivity index is 1.67. The fourth-order valence-corrected chi connectivity index (χ4v) is 2.91. The maximum absolute atomic E-state index is 12.7. The van der Waals surface area contributed by atoms with Crippen LogP contribution in [0.4, 0.5) is 0 Å². The molecule has 0 saturated carbocycles. The molecule has 136 valence electrons.